The van der Waals surface area contributed by atoms with E-state index >= 15 is 0 Å². The van der Waals surface area contributed by atoms with E-state index in [9.17, 15) is 5.11 Å². The average Bonchev–Trinajstić information content (AvgIpc) is 3.18. The molecule has 0 aromatic carbocycles. The molecule has 116 valence electrons. The van der Waals surface area contributed by atoms with E-state index in [2.05, 4.69) is 19.5 Å². The van der Waals surface area contributed by atoms with Crippen LogP contribution in [0.2, 0.25) is 0 Å². The third kappa shape index (κ3) is 2.27. The maximum Gasteiger partial charge on any atom is 0.212 e. The predicted octanol–water partition coefficient (Wildman–Crippen LogP) is 2.38. The van der Waals surface area contributed by atoms with Crippen LogP contribution >= 0.6 is 0 Å². The Bertz CT molecular complexity index is 829. The van der Waals surface area contributed by atoms with Crippen molar-refractivity contribution in [3.8, 4) is 17.1 Å². The third-order valence-electron chi connectivity index (χ3n) is 4.23. The van der Waals surface area contributed by atoms with Crippen LogP contribution in [0.5, 0.6) is 5.88 Å². The van der Waals surface area contributed by atoms with Gasteiger partial charge in [0.1, 0.15) is 0 Å². The fourth-order valence-corrected chi connectivity index (χ4v) is 3.08. The van der Waals surface area contributed by atoms with Gasteiger partial charge in [0.25, 0.3) is 0 Å². The van der Waals surface area contributed by atoms with Crippen molar-refractivity contribution in [2.24, 2.45) is 0 Å². The molecule has 4 rings (SSSR count). The maximum atomic E-state index is 10.6. The van der Waals surface area contributed by atoms with Crippen LogP contribution in [0.4, 0.5) is 0 Å². The van der Waals surface area contributed by atoms with E-state index < -0.39 is 6.10 Å². The Balaban J connectivity index is 1.63. The number of imidazole rings is 1. The van der Waals surface area contributed by atoms with Gasteiger partial charge < -0.3 is 14.4 Å². The topological polar surface area (TPSA) is 73.1 Å². The van der Waals surface area contributed by atoms with Crippen LogP contribution in [0.1, 0.15) is 29.8 Å². The molecule has 0 spiro atoms. The summed E-state index contributed by atoms with van der Waals surface area (Å²) in [5.41, 5.74) is 3.86. The third-order valence-corrected chi connectivity index (χ3v) is 4.23. The highest BCUT2D eigenvalue weighted by Crippen LogP contribution is 2.41. The van der Waals surface area contributed by atoms with Gasteiger partial charge >= 0.3 is 0 Å². The lowest BCUT2D eigenvalue weighted by Gasteiger charge is -2.18. The molecular formula is C17H16N4O2. The number of fused-ring (bicyclic) bond motifs is 3. The van der Waals surface area contributed by atoms with Crippen molar-refractivity contribution in [3.05, 3.63) is 60.4 Å². The fourth-order valence-electron chi connectivity index (χ4n) is 3.08. The van der Waals surface area contributed by atoms with Crippen LogP contribution in [-0.2, 0) is 0 Å². The first-order valence-electron chi connectivity index (χ1n) is 7.43. The molecule has 0 aliphatic carbocycles. The Morgan fingerprint density at radius 1 is 1.26 bits per heavy atom. The van der Waals surface area contributed by atoms with Crippen molar-refractivity contribution in [2.75, 3.05) is 7.11 Å². The van der Waals surface area contributed by atoms with E-state index in [-0.39, 0.29) is 6.04 Å². The highest BCUT2D eigenvalue weighted by Gasteiger charge is 2.31. The van der Waals surface area contributed by atoms with Crippen LogP contribution in [0.25, 0.3) is 11.3 Å². The number of aliphatic hydroxyl groups excluding tert-OH is 1. The lowest BCUT2D eigenvalue weighted by Crippen LogP contribution is -2.11. The number of pyridine rings is 2. The van der Waals surface area contributed by atoms with Crippen LogP contribution < -0.4 is 4.74 Å². The van der Waals surface area contributed by atoms with Crippen molar-refractivity contribution in [1.82, 2.24) is 19.5 Å². The Hall–Kier alpha value is -2.73. The molecule has 0 fully saturated rings. The van der Waals surface area contributed by atoms with Gasteiger partial charge in [-0.3, -0.25) is 4.98 Å². The van der Waals surface area contributed by atoms with E-state index in [1.54, 1.807) is 31.9 Å². The summed E-state index contributed by atoms with van der Waals surface area (Å²) >= 11 is 0. The van der Waals surface area contributed by atoms with Gasteiger partial charge in [0.15, 0.2) is 0 Å². The molecule has 0 saturated heterocycles. The second kappa shape index (κ2) is 5.48. The normalized spacial score (nSPS) is 16.7. The highest BCUT2D eigenvalue weighted by atomic mass is 16.5. The molecule has 23 heavy (non-hydrogen) atoms. The zero-order valence-corrected chi connectivity index (χ0v) is 12.6. The van der Waals surface area contributed by atoms with Gasteiger partial charge in [-0.2, -0.15) is 0 Å². The second-order valence-corrected chi connectivity index (χ2v) is 5.52. The Labute approximate surface area is 133 Å². The van der Waals surface area contributed by atoms with E-state index in [0.29, 0.717) is 12.3 Å². The van der Waals surface area contributed by atoms with Gasteiger partial charge in [0.05, 0.1) is 43.2 Å². The van der Waals surface area contributed by atoms with E-state index in [0.717, 1.165) is 22.5 Å². The van der Waals surface area contributed by atoms with Crippen molar-refractivity contribution in [1.29, 1.82) is 0 Å². The zero-order chi connectivity index (χ0) is 15.8. The Morgan fingerprint density at radius 2 is 2.17 bits per heavy atom. The second-order valence-electron chi connectivity index (χ2n) is 5.52. The van der Waals surface area contributed by atoms with Crippen LogP contribution in [0.3, 0.4) is 0 Å². The standard InChI is InChI=1S/C17H16N4O2/c1-23-16-5-4-11(8-20-16)15(22)7-13-17-12(3-2-6-19-17)14-9-18-10-21(13)14/h2-6,8-10,13,15,22H,7H2,1H3. The molecule has 0 bridgehead atoms. The quantitative estimate of drug-likeness (QED) is 0.801. The molecular weight excluding hydrogens is 292 g/mol. The predicted molar refractivity (Wildman–Crippen MR) is 84.0 cm³/mol. The summed E-state index contributed by atoms with van der Waals surface area (Å²) in [5.74, 6) is 0.533. The molecule has 4 heterocycles. The number of methoxy groups -OCH3 is 1. The molecule has 2 unspecified atom stereocenters. The van der Waals surface area contributed by atoms with Crippen molar-refractivity contribution in [3.63, 3.8) is 0 Å². The number of aliphatic hydroxyl groups is 1. The lowest BCUT2D eigenvalue weighted by molar-refractivity contribution is 0.152. The van der Waals surface area contributed by atoms with Crippen LogP contribution in [-0.4, -0.2) is 31.7 Å². The number of hydrogen-bond donors (Lipinski definition) is 1. The van der Waals surface area contributed by atoms with E-state index in [4.69, 9.17) is 4.74 Å². The molecule has 6 nitrogen and oxygen atoms in total. The van der Waals surface area contributed by atoms with E-state index in [1.807, 2.05) is 24.4 Å². The molecule has 6 heteroatoms. The van der Waals surface area contributed by atoms with Gasteiger partial charge in [0, 0.05) is 30.4 Å². The van der Waals surface area contributed by atoms with Gasteiger partial charge in [-0.15, -0.1) is 0 Å². The number of rotatable bonds is 4. The molecule has 3 aromatic rings. The van der Waals surface area contributed by atoms with Gasteiger partial charge in [-0.1, -0.05) is 0 Å². The molecule has 1 aliphatic heterocycles. The fraction of sp³-hybridized carbons (Fsp3) is 0.235. The Morgan fingerprint density at radius 3 is 2.96 bits per heavy atom. The summed E-state index contributed by atoms with van der Waals surface area (Å²) in [6.07, 6.45) is 6.94. The SMILES string of the molecule is COc1ccc(C(O)CC2c3ncccc3-c3cncn32)cn1. The van der Waals surface area contributed by atoms with Crippen LogP contribution in [0, 0.1) is 0 Å². The lowest BCUT2D eigenvalue weighted by atomic mass is 10.0. The van der Waals surface area contributed by atoms with Crippen LogP contribution in [0.15, 0.2) is 49.2 Å². The zero-order valence-electron chi connectivity index (χ0n) is 12.6. The summed E-state index contributed by atoms with van der Waals surface area (Å²) in [4.78, 5) is 12.9. The first-order chi connectivity index (χ1) is 11.3. The van der Waals surface area contributed by atoms with E-state index in [1.165, 1.54) is 0 Å². The first-order valence-corrected chi connectivity index (χ1v) is 7.43. The minimum absolute atomic E-state index is 0.0270. The molecule has 1 aliphatic rings. The summed E-state index contributed by atoms with van der Waals surface area (Å²) in [5, 5.41) is 10.6. The van der Waals surface area contributed by atoms with Crippen molar-refractivity contribution < 1.29 is 9.84 Å². The molecule has 3 aromatic heterocycles. The van der Waals surface area contributed by atoms with Crippen molar-refractivity contribution in [2.45, 2.75) is 18.6 Å². The van der Waals surface area contributed by atoms with Gasteiger partial charge in [-0.05, 0) is 23.8 Å². The average molecular weight is 308 g/mol. The molecule has 0 saturated carbocycles. The minimum Gasteiger partial charge on any atom is -0.481 e. The molecule has 0 amide bonds. The van der Waals surface area contributed by atoms with Crippen molar-refractivity contribution >= 4 is 0 Å². The molecule has 2 atom stereocenters. The minimum atomic E-state index is -0.637. The Kier molecular flexibility index (Phi) is 3.31. The number of aromatic nitrogens is 4. The maximum absolute atomic E-state index is 10.6. The molecule has 0 radical (unpaired) electrons. The summed E-state index contributed by atoms with van der Waals surface area (Å²) in [6, 6.07) is 7.52. The largest absolute Gasteiger partial charge is 0.481 e. The first kappa shape index (κ1) is 13.9. The number of hydrogen-bond acceptors (Lipinski definition) is 5. The highest BCUT2D eigenvalue weighted by molar-refractivity contribution is 5.66. The summed E-state index contributed by atoms with van der Waals surface area (Å²) in [7, 11) is 1.57. The smallest absolute Gasteiger partial charge is 0.212 e. The van der Waals surface area contributed by atoms with Gasteiger partial charge in [0.2, 0.25) is 5.88 Å². The summed E-state index contributed by atoms with van der Waals surface area (Å²) in [6.45, 7) is 0. The molecule has 1 N–H and O–H groups in total. The monoisotopic (exact) mass is 308 g/mol. The number of ether oxygens (including phenoxy) is 1. The number of nitrogens with zero attached hydrogens (tertiary/aromatic N) is 4. The summed E-state index contributed by atoms with van der Waals surface area (Å²) < 4.78 is 7.12. The van der Waals surface area contributed by atoms with Gasteiger partial charge in [-0.25, -0.2) is 9.97 Å².